The molecule has 2 N–H and O–H groups in total. The van der Waals surface area contributed by atoms with Crippen LogP contribution in [-0.4, -0.2) is 36.6 Å². The summed E-state index contributed by atoms with van der Waals surface area (Å²) < 4.78 is 1.80. The summed E-state index contributed by atoms with van der Waals surface area (Å²) in [5.74, 6) is -0.0293. The van der Waals surface area contributed by atoms with E-state index in [2.05, 4.69) is 16.9 Å². The molecule has 1 spiro atoms. The summed E-state index contributed by atoms with van der Waals surface area (Å²) in [7, 11) is 0. The third kappa shape index (κ3) is 2.61. The van der Waals surface area contributed by atoms with Gasteiger partial charge in [0.05, 0.1) is 23.8 Å². The average Bonchev–Trinajstić information content (AvgIpc) is 3.41. The molecular weight excluding hydrogens is 414 g/mol. The Morgan fingerprint density at radius 1 is 1.18 bits per heavy atom. The van der Waals surface area contributed by atoms with Crippen molar-refractivity contribution in [2.75, 3.05) is 0 Å². The highest BCUT2D eigenvalue weighted by Crippen LogP contribution is 2.70. The van der Waals surface area contributed by atoms with Crippen molar-refractivity contribution in [3.8, 4) is 17.0 Å². The number of benzene rings is 2. The second-order valence-corrected chi connectivity index (χ2v) is 10.1. The van der Waals surface area contributed by atoms with E-state index in [1.807, 2.05) is 50.4 Å². The van der Waals surface area contributed by atoms with Crippen LogP contribution >= 0.6 is 0 Å². The number of aryl methyl sites for hydroxylation is 1. The number of hydrogen-bond donors (Lipinski definition) is 2. The smallest absolute Gasteiger partial charge is 0.168 e. The number of fused-ring (bicyclic) bond motifs is 3. The van der Waals surface area contributed by atoms with Gasteiger partial charge in [-0.25, -0.2) is 0 Å². The quantitative estimate of drug-likeness (QED) is 0.595. The minimum atomic E-state index is -1.14. The Morgan fingerprint density at radius 2 is 1.94 bits per heavy atom. The first kappa shape index (κ1) is 20.4. The molecule has 0 aliphatic heterocycles. The van der Waals surface area contributed by atoms with Crippen LogP contribution in [0.5, 0.6) is 5.75 Å². The second-order valence-electron chi connectivity index (χ2n) is 10.1. The highest BCUT2D eigenvalue weighted by molar-refractivity contribution is 6.06. The Bertz CT molecular complexity index is 1320. The Morgan fingerprint density at radius 3 is 2.70 bits per heavy atom. The van der Waals surface area contributed by atoms with Crippen molar-refractivity contribution in [3.63, 3.8) is 0 Å². The monoisotopic (exact) mass is 441 g/mol. The fraction of sp³-hybridized carbons (Fsp3) is 0.370. The number of rotatable bonds is 3. The lowest BCUT2D eigenvalue weighted by Crippen LogP contribution is -2.41. The van der Waals surface area contributed by atoms with E-state index in [-0.39, 0.29) is 23.4 Å². The zero-order chi connectivity index (χ0) is 23.1. The number of hydrogen-bond acceptors (Lipinski definition) is 5. The van der Waals surface area contributed by atoms with Gasteiger partial charge in [0.15, 0.2) is 5.78 Å². The molecule has 33 heavy (non-hydrogen) atoms. The van der Waals surface area contributed by atoms with E-state index in [9.17, 15) is 15.0 Å². The summed E-state index contributed by atoms with van der Waals surface area (Å²) in [6.07, 6.45) is 3.55. The summed E-state index contributed by atoms with van der Waals surface area (Å²) >= 11 is 0. The van der Waals surface area contributed by atoms with Gasteiger partial charge in [0.1, 0.15) is 11.4 Å². The summed E-state index contributed by atoms with van der Waals surface area (Å²) in [6, 6.07) is 11.8. The predicted octanol–water partition coefficient (Wildman–Crippen LogP) is 4.19. The van der Waals surface area contributed by atoms with Gasteiger partial charge >= 0.3 is 0 Å². The molecule has 6 heteroatoms. The van der Waals surface area contributed by atoms with E-state index in [0.717, 1.165) is 34.4 Å². The molecule has 3 aliphatic carbocycles. The lowest BCUT2D eigenvalue weighted by Gasteiger charge is -2.41. The van der Waals surface area contributed by atoms with Gasteiger partial charge in [-0.3, -0.25) is 9.48 Å². The van der Waals surface area contributed by atoms with Crippen LogP contribution < -0.4 is 0 Å². The van der Waals surface area contributed by atoms with E-state index in [1.165, 1.54) is 5.56 Å². The number of aromatic hydroxyl groups is 1. The number of ketones is 1. The van der Waals surface area contributed by atoms with Crippen LogP contribution in [-0.2, 0) is 11.3 Å². The maximum Gasteiger partial charge on any atom is 0.168 e. The minimum Gasteiger partial charge on any atom is -0.508 e. The number of Topliss-reactive ketones (excluding diaryl/α,β-unsaturated/α-hetero) is 1. The zero-order valence-electron chi connectivity index (χ0n) is 18.9. The van der Waals surface area contributed by atoms with Crippen LogP contribution in [0.15, 0.2) is 54.7 Å². The first-order valence-electron chi connectivity index (χ1n) is 11.5. The van der Waals surface area contributed by atoms with Gasteiger partial charge in [-0.2, -0.15) is 0 Å². The fourth-order valence-corrected chi connectivity index (χ4v) is 6.73. The molecule has 3 aromatic rings. The van der Waals surface area contributed by atoms with E-state index in [0.29, 0.717) is 25.0 Å². The van der Waals surface area contributed by atoms with Gasteiger partial charge in [0.25, 0.3) is 0 Å². The maximum atomic E-state index is 13.8. The first-order valence-corrected chi connectivity index (χ1v) is 11.5. The van der Waals surface area contributed by atoms with Gasteiger partial charge in [-0.15, -0.1) is 5.10 Å². The normalized spacial score (nSPS) is 29.9. The van der Waals surface area contributed by atoms with Crippen molar-refractivity contribution in [2.45, 2.75) is 57.1 Å². The SMILES string of the molecule is C=C1C(=O)[C@]23C[C@@]1(O)CC[C@H]2c1ccc(O)c(C)c1[C@@H]3Cn1cc(-c2ccc(C)cc2)nn1. The summed E-state index contributed by atoms with van der Waals surface area (Å²) in [5, 5.41) is 30.6. The third-order valence-electron chi connectivity index (χ3n) is 8.43. The number of carbonyl (C=O) groups is 1. The molecule has 4 atom stereocenters. The molecule has 2 fully saturated rings. The number of carbonyl (C=O) groups excluding carboxylic acids is 1. The van der Waals surface area contributed by atoms with Crippen molar-refractivity contribution >= 4 is 5.78 Å². The third-order valence-corrected chi connectivity index (χ3v) is 8.43. The molecule has 3 aliphatic rings. The molecule has 1 aromatic heterocycles. The van der Waals surface area contributed by atoms with Crippen molar-refractivity contribution in [3.05, 3.63) is 77.0 Å². The van der Waals surface area contributed by atoms with E-state index in [4.69, 9.17) is 0 Å². The summed E-state index contributed by atoms with van der Waals surface area (Å²) in [4.78, 5) is 13.8. The number of phenols is 1. The molecule has 0 radical (unpaired) electrons. The van der Waals surface area contributed by atoms with E-state index in [1.54, 1.807) is 10.7 Å². The molecule has 2 aromatic carbocycles. The lowest BCUT2D eigenvalue weighted by molar-refractivity contribution is -0.126. The maximum absolute atomic E-state index is 13.8. The molecule has 168 valence electrons. The van der Waals surface area contributed by atoms with Crippen LogP contribution in [0.2, 0.25) is 0 Å². The molecule has 0 unspecified atom stereocenters. The highest BCUT2D eigenvalue weighted by Gasteiger charge is 2.69. The first-order chi connectivity index (χ1) is 15.7. The molecule has 2 bridgehead atoms. The Balaban J connectivity index is 1.46. The molecule has 1 heterocycles. The van der Waals surface area contributed by atoms with Crippen LogP contribution in [0, 0.1) is 19.3 Å². The van der Waals surface area contributed by atoms with Gasteiger partial charge in [0, 0.05) is 17.1 Å². The van der Waals surface area contributed by atoms with Crippen molar-refractivity contribution < 1.29 is 15.0 Å². The Kier molecular flexibility index (Phi) is 4.10. The topological polar surface area (TPSA) is 88.2 Å². The summed E-state index contributed by atoms with van der Waals surface area (Å²) in [5.41, 5.74) is 4.30. The van der Waals surface area contributed by atoms with Gasteiger partial charge < -0.3 is 10.2 Å². The number of nitrogens with zero attached hydrogens (tertiary/aromatic N) is 3. The number of phenolic OH excluding ortho intramolecular Hbond substituents is 1. The second kappa shape index (κ2) is 6.64. The standard InChI is InChI=1S/C27H27N3O3/c1-15-4-6-18(7-5-15)22-13-30(29-28-22)12-21-24-16(2)23(31)9-8-19(24)20-10-11-26(33)14-27(20,21)25(32)17(26)3/h4-9,13,20-21,31,33H,3,10-12,14H2,1-2H3/t20-,21-,26-,27+/m0/s1. The van der Waals surface area contributed by atoms with Gasteiger partial charge in [0.2, 0.25) is 0 Å². The molecule has 6 rings (SSSR count). The van der Waals surface area contributed by atoms with Crippen LogP contribution in [0.25, 0.3) is 11.3 Å². The van der Waals surface area contributed by atoms with Crippen LogP contribution in [0.1, 0.15) is 53.4 Å². The van der Waals surface area contributed by atoms with Gasteiger partial charge in [-0.1, -0.05) is 47.7 Å². The van der Waals surface area contributed by atoms with Crippen molar-refractivity contribution in [1.82, 2.24) is 15.0 Å². The predicted molar refractivity (Wildman–Crippen MR) is 124 cm³/mol. The van der Waals surface area contributed by atoms with Crippen molar-refractivity contribution in [1.29, 1.82) is 0 Å². The van der Waals surface area contributed by atoms with Gasteiger partial charge in [-0.05, 0) is 61.8 Å². The average molecular weight is 442 g/mol. The molecule has 6 nitrogen and oxygen atoms in total. The minimum absolute atomic E-state index is 0.00363. The largest absolute Gasteiger partial charge is 0.508 e. The lowest BCUT2D eigenvalue weighted by atomic mass is 9.62. The zero-order valence-corrected chi connectivity index (χ0v) is 18.9. The highest BCUT2D eigenvalue weighted by atomic mass is 16.3. The Labute approximate surface area is 192 Å². The van der Waals surface area contributed by atoms with Crippen LogP contribution in [0.4, 0.5) is 0 Å². The van der Waals surface area contributed by atoms with E-state index >= 15 is 0 Å². The number of aliphatic hydroxyl groups is 1. The summed E-state index contributed by atoms with van der Waals surface area (Å²) in [6.45, 7) is 8.42. The molecular formula is C27H27N3O3. The fourth-order valence-electron chi connectivity index (χ4n) is 6.73. The van der Waals surface area contributed by atoms with Crippen LogP contribution in [0.3, 0.4) is 0 Å². The molecule has 0 amide bonds. The Hall–Kier alpha value is -3.25. The van der Waals surface area contributed by atoms with E-state index < -0.39 is 11.0 Å². The van der Waals surface area contributed by atoms with Crippen molar-refractivity contribution in [2.24, 2.45) is 5.41 Å². The number of aromatic nitrogens is 3. The molecule has 2 saturated carbocycles. The molecule has 0 saturated heterocycles.